The minimum Gasteiger partial charge on any atom is -0.484 e. The number of aryl methyl sites for hydroxylation is 1. The van der Waals surface area contributed by atoms with Crippen LogP contribution >= 0.6 is 0 Å². The van der Waals surface area contributed by atoms with Gasteiger partial charge in [-0.3, -0.25) is 4.79 Å². The third kappa shape index (κ3) is 4.93. The molecule has 1 aliphatic carbocycles. The van der Waals surface area contributed by atoms with E-state index < -0.39 is 5.67 Å². The van der Waals surface area contributed by atoms with Gasteiger partial charge in [0.2, 0.25) is 0 Å². The van der Waals surface area contributed by atoms with Gasteiger partial charge in [-0.15, -0.1) is 0 Å². The number of alkyl halides is 1. The van der Waals surface area contributed by atoms with Crippen molar-refractivity contribution in [2.45, 2.75) is 57.7 Å². The number of rotatable bonds is 7. The lowest BCUT2D eigenvalue weighted by Gasteiger charge is -2.38. The lowest BCUT2D eigenvalue weighted by Crippen LogP contribution is -2.52. The first-order valence-electron chi connectivity index (χ1n) is 8.16. The number of aliphatic hydroxyl groups is 1. The zero-order valence-corrected chi connectivity index (χ0v) is 14.1. The second-order valence-corrected chi connectivity index (χ2v) is 6.74. The molecule has 1 saturated carbocycles. The van der Waals surface area contributed by atoms with E-state index in [1.165, 1.54) is 0 Å². The maximum atomic E-state index is 13.4. The number of hydrogen-bond donors (Lipinski definition) is 2. The van der Waals surface area contributed by atoms with E-state index in [9.17, 15) is 14.3 Å². The van der Waals surface area contributed by atoms with E-state index in [0.29, 0.717) is 18.6 Å². The summed E-state index contributed by atoms with van der Waals surface area (Å²) < 4.78 is 18.9. The van der Waals surface area contributed by atoms with Gasteiger partial charge in [0.1, 0.15) is 11.4 Å². The molecule has 4 nitrogen and oxygen atoms in total. The molecule has 23 heavy (non-hydrogen) atoms. The van der Waals surface area contributed by atoms with Gasteiger partial charge in [-0.1, -0.05) is 13.0 Å². The summed E-state index contributed by atoms with van der Waals surface area (Å²) in [6, 6.07) is 5.66. The Morgan fingerprint density at radius 3 is 2.74 bits per heavy atom. The van der Waals surface area contributed by atoms with Gasteiger partial charge >= 0.3 is 0 Å². The van der Waals surface area contributed by atoms with E-state index in [1.807, 2.05) is 32.0 Å². The molecule has 1 fully saturated rings. The number of hydrogen-bond acceptors (Lipinski definition) is 3. The number of benzene rings is 1. The van der Waals surface area contributed by atoms with Crippen molar-refractivity contribution in [2.75, 3.05) is 13.2 Å². The number of aliphatic hydroxyl groups excluding tert-OH is 1. The molecule has 1 amide bonds. The van der Waals surface area contributed by atoms with Gasteiger partial charge in [-0.05, 0) is 43.5 Å². The second kappa shape index (κ2) is 7.30. The number of halogens is 1. The highest BCUT2D eigenvalue weighted by Gasteiger charge is 2.41. The quantitative estimate of drug-likeness (QED) is 0.811. The van der Waals surface area contributed by atoms with Crippen LogP contribution in [0.5, 0.6) is 5.75 Å². The number of nitrogens with one attached hydrogen (secondary N) is 1. The first-order chi connectivity index (χ1) is 10.8. The zero-order chi connectivity index (χ0) is 17.0. The van der Waals surface area contributed by atoms with Gasteiger partial charge in [0.05, 0.1) is 0 Å². The molecule has 0 aromatic heterocycles. The Balaban J connectivity index is 1.89. The topological polar surface area (TPSA) is 58.6 Å². The Morgan fingerprint density at radius 1 is 1.48 bits per heavy atom. The van der Waals surface area contributed by atoms with Crippen LogP contribution in [-0.2, 0) is 4.79 Å². The van der Waals surface area contributed by atoms with Crippen molar-refractivity contribution < 1.29 is 19.0 Å². The molecule has 0 bridgehead atoms. The van der Waals surface area contributed by atoms with Crippen molar-refractivity contribution in [1.29, 1.82) is 0 Å². The van der Waals surface area contributed by atoms with Crippen LogP contribution in [0.25, 0.3) is 0 Å². The van der Waals surface area contributed by atoms with Crippen molar-refractivity contribution >= 4 is 5.91 Å². The molecule has 2 N–H and O–H groups in total. The maximum Gasteiger partial charge on any atom is 0.258 e. The SMILES string of the molecule is CC[C@H](CO)c1cc(C)cc(OCC(=O)NC2CC(C)(F)C2)c1. The van der Waals surface area contributed by atoms with Crippen molar-refractivity contribution in [3.05, 3.63) is 29.3 Å². The molecule has 2 rings (SSSR count). The average Bonchev–Trinajstić information content (AvgIpc) is 2.44. The van der Waals surface area contributed by atoms with Crippen molar-refractivity contribution in [3.8, 4) is 5.75 Å². The predicted molar refractivity (Wildman–Crippen MR) is 87.5 cm³/mol. The summed E-state index contributed by atoms with van der Waals surface area (Å²) in [7, 11) is 0. The maximum absolute atomic E-state index is 13.4. The first-order valence-corrected chi connectivity index (χ1v) is 8.16. The summed E-state index contributed by atoms with van der Waals surface area (Å²) >= 11 is 0. The Morgan fingerprint density at radius 2 is 2.17 bits per heavy atom. The minimum atomic E-state index is -1.15. The van der Waals surface area contributed by atoms with Crippen LogP contribution in [-0.4, -0.2) is 35.9 Å². The molecule has 0 spiro atoms. The molecule has 1 atom stereocenters. The summed E-state index contributed by atoms with van der Waals surface area (Å²) in [6.45, 7) is 5.53. The molecule has 128 valence electrons. The standard InChI is InChI=1S/C18H26FNO3/c1-4-13(10-21)14-5-12(2)6-16(7-14)23-11-17(22)20-15-8-18(3,19)9-15/h5-7,13,15,21H,4,8-11H2,1-3H3,(H,20,22)/t13-,15?,18?/m1/s1. The second-order valence-electron chi connectivity index (χ2n) is 6.74. The Hall–Kier alpha value is -1.62. The number of amides is 1. The van der Waals surface area contributed by atoms with Gasteiger partial charge < -0.3 is 15.2 Å². The summed E-state index contributed by atoms with van der Waals surface area (Å²) in [4.78, 5) is 11.8. The molecule has 1 aromatic carbocycles. The zero-order valence-electron chi connectivity index (χ0n) is 14.1. The molecule has 1 aliphatic rings. The smallest absolute Gasteiger partial charge is 0.258 e. The van der Waals surface area contributed by atoms with E-state index in [-0.39, 0.29) is 31.1 Å². The fourth-order valence-corrected chi connectivity index (χ4v) is 3.05. The van der Waals surface area contributed by atoms with Crippen molar-refractivity contribution in [1.82, 2.24) is 5.32 Å². The third-order valence-electron chi connectivity index (χ3n) is 4.34. The van der Waals surface area contributed by atoms with Crippen LogP contribution in [0.4, 0.5) is 4.39 Å². The average molecular weight is 323 g/mol. The molecular weight excluding hydrogens is 297 g/mol. The summed E-state index contributed by atoms with van der Waals surface area (Å²) in [6.07, 6.45) is 1.56. The molecule has 0 radical (unpaired) electrons. The van der Waals surface area contributed by atoms with Crippen LogP contribution in [0, 0.1) is 6.92 Å². The van der Waals surface area contributed by atoms with Gasteiger partial charge in [0.15, 0.2) is 6.61 Å². The fraction of sp³-hybridized carbons (Fsp3) is 0.611. The van der Waals surface area contributed by atoms with Crippen LogP contribution in [0.15, 0.2) is 18.2 Å². The monoisotopic (exact) mass is 323 g/mol. The fourth-order valence-electron chi connectivity index (χ4n) is 3.05. The van der Waals surface area contributed by atoms with Crippen LogP contribution in [0.2, 0.25) is 0 Å². The summed E-state index contributed by atoms with van der Waals surface area (Å²) in [5.74, 6) is 0.456. The molecule has 5 heteroatoms. The Labute approximate surface area is 137 Å². The molecular formula is C18H26FNO3. The highest BCUT2D eigenvalue weighted by molar-refractivity contribution is 5.78. The van der Waals surface area contributed by atoms with E-state index in [1.54, 1.807) is 6.92 Å². The number of carbonyl (C=O) groups is 1. The highest BCUT2D eigenvalue weighted by Crippen LogP contribution is 2.35. The van der Waals surface area contributed by atoms with Gasteiger partial charge in [0.25, 0.3) is 5.91 Å². The van der Waals surface area contributed by atoms with Crippen LogP contribution < -0.4 is 10.1 Å². The third-order valence-corrected chi connectivity index (χ3v) is 4.34. The first kappa shape index (κ1) is 17.7. The van der Waals surface area contributed by atoms with Crippen LogP contribution in [0.1, 0.15) is 50.2 Å². The van der Waals surface area contributed by atoms with E-state index in [2.05, 4.69) is 5.32 Å². The molecule has 0 aliphatic heterocycles. The number of carbonyl (C=O) groups excluding carboxylic acids is 1. The lowest BCUT2D eigenvalue weighted by atomic mass is 9.79. The highest BCUT2D eigenvalue weighted by atomic mass is 19.1. The summed E-state index contributed by atoms with van der Waals surface area (Å²) in [5, 5.41) is 12.2. The molecule has 0 saturated heterocycles. The van der Waals surface area contributed by atoms with Gasteiger partial charge in [-0.2, -0.15) is 0 Å². The Bertz CT molecular complexity index is 547. The van der Waals surface area contributed by atoms with E-state index >= 15 is 0 Å². The van der Waals surface area contributed by atoms with Crippen molar-refractivity contribution in [2.24, 2.45) is 0 Å². The minimum absolute atomic E-state index is 0.0725. The molecule has 1 aromatic rings. The predicted octanol–water partition coefficient (Wildman–Crippen LogP) is 2.87. The van der Waals surface area contributed by atoms with E-state index in [0.717, 1.165) is 17.5 Å². The largest absolute Gasteiger partial charge is 0.484 e. The molecule has 0 heterocycles. The van der Waals surface area contributed by atoms with Gasteiger partial charge in [-0.25, -0.2) is 4.39 Å². The Kier molecular flexibility index (Phi) is 5.63. The van der Waals surface area contributed by atoms with Crippen LogP contribution in [0.3, 0.4) is 0 Å². The van der Waals surface area contributed by atoms with E-state index in [4.69, 9.17) is 4.74 Å². The summed E-state index contributed by atoms with van der Waals surface area (Å²) in [5.41, 5.74) is 0.888. The normalized spacial score (nSPS) is 24.7. The molecule has 0 unspecified atom stereocenters. The van der Waals surface area contributed by atoms with Crippen molar-refractivity contribution in [3.63, 3.8) is 0 Å². The van der Waals surface area contributed by atoms with Gasteiger partial charge in [0, 0.05) is 31.4 Å². The number of ether oxygens (including phenoxy) is 1. The lowest BCUT2D eigenvalue weighted by molar-refractivity contribution is -0.125.